The molecule has 5 heterocycles. The SMILES string of the molecule is COC(=O)N[C@H](C(=O)N1CCC[C@H]1c1nc2ccc([C@@H]3CC[C@@H](c4ccc5nc([C@@H]6CCCN6C(=O)[C@H]([C@@H](C)OC)N(C)C(=O)O)[nH]c5c4)N3c3ccc(C(C)(C)C)cc3)cc2[nH]1)[C@@H](C)OC. The number of amides is 4. The number of likely N-dealkylation sites (N-methyl/N-ethyl adjacent to an activating group) is 1. The van der Waals surface area contributed by atoms with Crippen LogP contribution in [0.3, 0.4) is 0 Å². The number of aromatic amines is 2. The molecule has 0 saturated carbocycles. The lowest BCUT2D eigenvalue weighted by molar-refractivity contribution is -0.141. The Bertz CT molecular complexity index is 2600. The van der Waals surface area contributed by atoms with Gasteiger partial charge in [0.2, 0.25) is 11.8 Å². The second-order valence-corrected chi connectivity index (χ2v) is 19.3. The van der Waals surface area contributed by atoms with Gasteiger partial charge in [-0.2, -0.15) is 0 Å². The Morgan fingerprint density at radius 3 is 1.70 bits per heavy atom. The van der Waals surface area contributed by atoms with Crippen molar-refractivity contribution in [2.45, 2.75) is 127 Å². The van der Waals surface area contributed by atoms with Gasteiger partial charge < -0.3 is 49.3 Å². The highest BCUT2D eigenvalue weighted by atomic mass is 16.5. The van der Waals surface area contributed by atoms with Crippen molar-refractivity contribution < 1.29 is 38.5 Å². The molecule has 0 spiro atoms. The molecule has 2 aromatic heterocycles. The van der Waals surface area contributed by atoms with E-state index in [-0.39, 0.29) is 41.4 Å². The highest BCUT2D eigenvalue weighted by Gasteiger charge is 2.42. The predicted octanol–water partition coefficient (Wildman–Crippen LogP) is 7.92. The third kappa shape index (κ3) is 9.27. The van der Waals surface area contributed by atoms with E-state index in [0.29, 0.717) is 31.2 Å². The number of carbonyl (C=O) groups is 4. The first-order valence-electron chi connectivity index (χ1n) is 23.4. The maximum atomic E-state index is 14.0. The van der Waals surface area contributed by atoms with Crippen LogP contribution < -0.4 is 10.2 Å². The molecule has 3 fully saturated rings. The fourth-order valence-electron chi connectivity index (χ4n) is 10.4. The molecular formula is C50H65N9O8. The zero-order valence-corrected chi connectivity index (χ0v) is 40.0. The number of nitrogens with zero attached hydrogens (tertiary/aromatic N) is 6. The van der Waals surface area contributed by atoms with Gasteiger partial charge in [0.05, 0.1) is 65.6 Å². The van der Waals surface area contributed by atoms with E-state index in [1.165, 1.54) is 33.9 Å². The molecule has 3 aliphatic rings. The summed E-state index contributed by atoms with van der Waals surface area (Å²) in [7, 11) is 5.66. The minimum Gasteiger partial charge on any atom is -0.465 e. The van der Waals surface area contributed by atoms with Crippen LogP contribution in [0, 0.1) is 0 Å². The molecule has 8 rings (SSSR count). The molecule has 3 aliphatic heterocycles. The van der Waals surface area contributed by atoms with Crippen molar-refractivity contribution in [1.82, 2.24) is 40.0 Å². The minimum atomic E-state index is -1.20. The molecule has 0 bridgehead atoms. The van der Waals surface area contributed by atoms with Gasteiger partial charge in [-0.15, -0.1) is 0 Å². The van der Waals surface area contributed by atoms with E-state index in [0.717, 1.165) is 75.9 Å². The third-order valence-electron chi connectivity index (χ3n) is 14.3. The minimum absolute atomic E-state index is 0.00992. The summed E-state index contributed by atoms with van der Waals surface area (Å²) in [6.45, 7) is 11.1. The van der Waals surface area contributed by atoms with Gasteiger partial charge in [-0.1, -0.05) is 45.0 Å². The van der Waals surface area contributed by atoms with E-state index in [9.17, 15) is 24.3 Å². The van der Waals surface area contributed by atoms with Gasteiger partial charge in [0.1, 0.15) is 23.7 Å². The van der Waals surface area contributed by atoms with Crippen molar-refractivity contribution in [3.05, 3.63) is 89.0 Å². The summed E-state index contributed by atoms with van der Waals surface area (Å²) in [5.41, 5.74) is 8.00. The zero-order chi connectivity index (χ0) is 47.9. The van der Waals surface area contributed by atoms with Crippen molar-refractivity contribution in [3.63, 3.8) is 0 Å². The molecular weight excluding hydrogens is 855 g/mol. The number of hydrogen-bond donors (Lipinski definition) is 4. The molecule has 8 atom stereocenters. The number of H-pyrrole nitrogens is 2. The Hall–Kier alpha value is -6.20. The van der Waals surface area contributed by atoms with Gasteiger partial charge in [0, 0.05) is 40.0 Å². The van der Waals surface area contributed by atoms with Crippen LogP contribution in [-0.4, -0.2) is 130 Å². The number of nitrogens with one attached hydrogen (secondary N) is 3. The largest absolute Gasteiger partial charge is 0.465 e. The quantitative estimate of drug-likeness (QED) is 0.0895. The first-order valence-corrected chi connectivity index (χ1v) is 23.4. The Kier molecular flexibility index (Phi) is 13.5. The van der Waals surface area contributed by atoms with Crippen LogP contribution in [0.5, 0.6) is 0 Å². The number of methoxy groups -OCH3 is 3. The van der Waals surface area contributed by atoms with E-state index < -0.39 is 36.5 Å². The van der Waals surface area contributed by atoms with E-state index >= 15 is 0 Å². The molecule has 67 heavy (non-hydrogen) atoms. The number of likely N-dealkylation sites (tertiary alicyclic amines) is 2. The van der Waals surface area contributed by atoms with Gasteiger partial charge in [-0.05, 0) is 111 Å². The van der Waals surface area contributed by atoms with Crippen molar-refractivity contribution in [2.24, 2.45) is 0 Å². The lowest BCUT2D eigenvalue weighted by atomic mass is 9.87. The average molecular weight is 920 g/mol. The fourth-order valence-corrected chi connectivity index (χ4v) is 10.4. The van der Waals surface area contributed by atoms with Crippen molar-refractivity contribution in [1.29, 1.82) is 0 Å². The van der Waals surface area contributed by atoms with Gasteiger partial charge in [-0.25, -0.2) is 19.6 Å². The summed E-state index contributed by atoms with van der Waals surface area (Å²) >= 11 is 0. The topological polar surface area (TPSA) is 199 Å². The van der Waals surface area contributed by atoms with Crippen LogP contribution >= 0.6 is 0 Å². The van der Waals surface area contributed by atoms with Crippen LogP contribution in [0.4, 0.5) is 15.3 Å². The molecule has 17 heteroatoms. The van der Waals surface area contributed by atoms with Gasteiger partial charge in [0.15, 0.2) is 0 Å². The average Bonchev–Trinajstić information content (AvgIpc) is 4.18. The van der Waals surface area contributed by atoms with E-state index in [2.05, 4.69) is 95.6 Å². The van der Waals surface area contributed by atoms with Crippen LogP contribution in [0.2, 0.25) is 0 Å². The highest BCUT2D eigenvalue weighted by Crippen LogP contribution is 2.48. The Morgan fingerprint density at radius 1 is 0.731 bits per heavy atom. The van der Waals surface area contributed by atoms with Crippen LogP contribution in [-0.2, 0) is 29.2 Å². The van der Waals surface area contributed by atoms with Crippen molar-refractivity contribution >= 4 is 51.8 Å². The number of aromatic nitrogens is 4. The number of rotatable bonds is 13. The highest BCUT2D eigenvalue weighted by molar-refractivity contribution is 5.88. The molecule has 5 aromatic rings. The molecule has 17 nitrogen and oxygen atoms in total. The maximum Gasteiger partial charge on any atom is 0.407 e. The van der Waals surface area contributed by atoms with E-state index in [1.54, 1.807) is 23.6 Å². The Labute approximate surface area is 391 Å². The summed E-state index contributed by atoms with van der Waals surface area (Å²) in [6.07, 6.45) is 1.67. The molecule has 3 saturated heterocycles. The van der Waals surface area contributed by atoms with Gasteiger partial charge in [0.25, 0.3) is 0 Å². The number of imidazole rings is 2. The number of ether oxygens (including phenoxy) is 3. The first kappa shape index (κ1) is 47.3. The molecule has 0 aliphatic carbocycles. The number of carbonyl (C=O) groups excluding carboxylic acids is 3. The van der Waals surface area contributed by atoms with E-state index in [1.807, 2.05) is 6.07 Å². The van der Waals surface area contributed by atoms with Crippen LogP contribution in [0.1, 0.15) is 126 Å². The molecule has 3 aromatic carbocycles. The first-order chi connectivity index (χ1) is 32.0. The monoisotopic (exact) mass is 919 g/mol. The second-order valence-electron chi connectivity index (χ2n) is 19.3. The number of alkyl carbamates (subject to hydrolysis) is 1. The predicted molar refractivity (Wildman–Crippen MR) is 254 cm³/mol. The zero-order valence-electron chi connectivity index (χ0n) is 40.0. The standard InChI is InChI=1S/C50H65N9O8/c1-28(65-7)42(55-48(62)67-9)46(60)57-24-10-12-40(57)44-51-34-20-14-30(26-36(34)53-44)38-22-23-39(59(38)33-18-16-32(17-19-33)50(3,4)5)31-15-21-35-37(27-31)54-45(52-35)41-13-11-25-58(41)47(61)43(29(2)66-8)56(6)49(63)64/h14-21,26-29,38-43H,10-13,22-25H2,1-9H3,(H,51,53)(H,52,54)(H,55,62)(H,63,64)/t28-,29-,38+,39+,40+,41+,42+,43+/m1/s1. The summed E-state index contributed by atoms with van der Waals surface area (Å²) in [4.78, 5) is 76.5. The lowest BCUT2D eigenvalue weighted by Gasteiger charge is -2.34. The van der Waals surface area contributed by atoms with Crippen LogP contribution in [0.15, 0.2) is 60.7 Å². The van der Waals surface area contributed by atoms with E-state index in [4.69, 9.17) is 24.2 Å². The Balaban J connectivity index is 1.09. The second kappa shape index (κ2) is 19.2. The summed E-state index contributed by atoms with van der Waals surface area (Å²) in [6, 6.07) is 19.2. The summed E-state index contributed by atoms with van der Waals surface area (Å²) < 4.78 is 15.8. The van der Waals surface area contributed by atoms with Crippen molar-refractivity contribution in [2.75, 3.05) is 46.4 Å². The molecule has 0 radical (unpaired) electrons. The lowest BCUT2D eigenvalue weighted by Crippen LogP contribution is -2.54. The maximum absolute atomic E-state index is 14.0. The normalized spacial score (nSPS) is 21.7. The number of hydrogen-bond acceptors (Lipinski definition) is 10. The third-order valence-corrected chi connectivity index (χ3v) is 14.3. The molecule has 358 valence electrons. The Morgan fingerprint density at radius 2 is 1.24 bits per heavy atom. The smallest absolute Gasteiger partial charge is 0.407 e. The number of benzene rings is 3. The van der Waals surface area contributed by atoms with Crippen molar-refractivity contribution in [3.8, 4) is 0 Å². The fraction of sp³-hybridized carbons (Fsp3) is 0.520. The number of carboxylic acid groups (broad SMARTS) is 1. The van der Waals surface area contributed by atoms with Gasteiger partial charge in [-0.3, -0.25) is 14.5 Å². The van der Waals surface area contributed by atoms with Crippen LogP contribution in [0.25, 0.3) is 22.1 Å². The van der Waals surface area contributed by atoms with Gasteiger partial charge >= 0.3 is 12.2 Å². The molecule has 4 N–H and O–H groups in total. The molecule has 0 unspecified atom stereocenters. The summed E-state index contributed by atoms with van der Waals surface area (Å²) in [5, 5.41) is 12.5. The summed E-state index contributed by atoms with van der Waals surface area (Å²) in [5.74, 6) is 0.829. The molecule has 4 amide bonds. The number of anilines is 1. The number of fused-ring (bicyclic) bond motifs is 2.